The summed E-state index contributed by atoms with van der Waals surface area (Å²) in [5.74, 6) is -0.425. The zero-order valence-corrected chi connectivity index (χ0v) is 15.2. The Hall–Kier alpha value is -2.37. The van der Waals surface area contributed by atoms with Crippen molar-refractivity contribution in [2.24, 2.45) is 16.2 Å². The molecular formula is C19H23NO5. The number of ketones is 2. The van der Waals surface area contributed by atoms with E-state index in [1.165, 1.54) is 14.2 Å². The number of benzene rings is 1. The van der Waals surface area contributed by atoms with Crippen LogP contribution in [0.3, 0.4) is 0 Å². The minimum absolute atomic E-state index is 0.380. The minimum Gasteiger partial charge on any atom is -0.497 e. The van der Waals surface area contributed by atoms with Crippen molar-refractivity contribution in [2.75, 3.05) is 19.5 Å². The lowest BCUT2D eigenvalue weighted by molar-refractivity contribution is -0.147. The first-order chi connectivity index (χ1) is 11.7. The van der Waals surface area contributed by atoms with E-state index in [2.05, 4.69) is 5.32 Å². The Bertz CT molecular complexity index is 784. The van der Waals surface area contributed by atoms with Crippen molar-refractivity contribution in [2.45, 2.75) is 33.6 Å². The quantitative estimate of drug-likeness (QED) is 0.670. The number of nitrogens with one attached hydrogen (secondary N) is 1. The molecule has 0 heterocycles. The maximum absolute atomic E-state index is 13.2. The van der Waals surface area contributed by atoms with Crippen molar-refractivity contribution in [3.8, 4) is 11.5 Å². The fourth-order valence-electron chi connectivity index (χ4n) is 4.40. The van der Waals surface area contributed by atoms with E-state index in [-0.39, 0.29) is 0 Å². The monoisotopic (exact) mass is 345 g/mol. The van der Waals surface area contributed by atoms with Crippen LogP contribution in [0.25, 0.3) is 0 Å². The molecule has 3 rings (SSSR count). The summed E-state index contributed by atoms with van der Waals surface area (Å²) in [6, 6.07) is 5.01. The van der Waals surface area contributed by atoms with Crippen LogP contribution in [0.5, 0.6) is 11.5 Å². The normalized spacial score (nSPS) is 29.6. The van der Waals surface area contributed by atoms with Crippen LogP contribution in [0.2, 0.25) is 0 Å². The number of ether oxygens (including phenoxy) is 2. The second kappa shape index (κ2) is 5.31. The van der Waals surface area contributed by atoms with Gasteiger partial charge >= 0.3 is 0 Å². The number of anilines is 1. The highest BCUT2D eigenvalue weighted by Gasteiger charge is 2.77. The molecule has 1 N–H and O–H groups in total. The van der Waals surface area contributed by atoms with Gasteiger partial charge in [0.15, 0.2) is 0 Å². The summed E-state index contributed by atoms with van der Waals surface area (Å²) >= 11 is 0. The Kier molecular flexibility index (Phi) is 3.71. The maximum atomic E-state index is 13.2. The van der Waals surface area contributed by atoms with Gasteiger partial charge < -0.3 is 14.8 Å². The first kappa shape index (κ1) is 17.5. The van der Waals surface area contributed by atoms with E-state index in [1.807, 2.05) is 13.8 Å². The van der Waals surface area contributed by atoms with Gasteiger partial charge in [-0.15, -0.1) is 0 Å². The molecule has 0 aromatic heterocycles. The minimum atomic E-state index is -1.33. The van der Waals surface area contributed by atoms with Crippen LogP contribution in [0, 0.1) is 16.2 Å². The molecule has 2 aliphatic rings. The average molecular weight is 345 g/mol. The molecule has 2 bridgehead atoms. The van der Waals surface area contributed by atoms with Crippen LogP contribution >= 0.6 is 0 Å². The summed E-state index contributed by atoms with van der Waals surface area (Å²) in [7, 11) is 3.03. The van der Waals surface area contributed by atoms with Gasteiger partial charge in [0.05, 0.1) is 19.9 Å². The Morgan fingerprint density at radius 3 is 2.24 bits per heavy atom. The third kappa shape index (κ3) is 1.94. The van der Waals surface area contributed by atoms with E-state index < -0.39 is 33.7 Å². The summed E-state index contributed by atoms with van der Waals surface area (Å²) in [4.78, 5) is 38.4. The highest BCUT2D eigenvalue weighted by molar-refractivity contribution is 6.49. The summed E-state index contributed by atoms with van der Waals surface area (Å²) in [5, 5.41) is 2.80. The molecule has 2 atom stereocenters. The molecule has 2 aliphatic carbocycles. The fourth-order valence-corrected chi connectivity index (χ4v) is 4.40. The van der Waals surface area contributed by atoms with Gasteiger partial charge in [-0.1, -0.05) is 20.8 Å². The number of amides is 1. The lowest BCUT2D eigenvalue weighted by atomic mass is 9.64. The average Bonchev–Trinajstić information content (AvgIpc) is 2.87. The second-order valence-electron chi connectivity index (χ2n) is 7.54. The zero-order chi connectivity index (χ0) is 18.6. The smallest absolute Gasteiger partial charge is 0.239 e. The van der Waals surface area contributed by atoms with E-state index in [4.69, 9.17) is 9.47 Å². The molecule has 134 valence electrons. The number of rotatable bonds is 4. The van der Waals surface area contributed by atoms with E-state index in [1.54, 1.807) is 25.1 Å². The molecule has 0 radical (unpaired) electrons. The van der Waals surface area contributed by atoms with Gasteiger partial charge in [0.1, 0.15) is 16.9 Å². The van der Waals surface area contributed by atoms with Gasteiger partial charge in [0, 0.05) is 11.5 Å². The van der Waals surface area contributed by atoms with Crippen LogP contribution in [-0.2, 0) is 14.4 Å². The van der Waals surface area contributed by atoms with E-state index >= 15 is 0 Å². The maximum Gasteiger partial charge on any atom is 0.239 e. The topological polar surface area (TPSA) is 81.7 Å². The molecule has 1 aromatic carbocycles. The summed E-state index contributed by atoms with van der Waals surface area (Å²) in [6.07, 6.45) is 0.920. The second-order valence-corrected chi connectivity index (χ2v) is 7.54. The van der Waals surface area contributed by atoms with E-state index in [0.717, 1.165) is 0 Å². The molecule has 0 aliphatic heterocycles. The standard InChI is InChI=1S/C19H23NO5/c1-17(2)18(3)8-9-19(17,15(22)14(18)21)16(23)20-12-7-6-11(24-4)10-13(12)25-5/h6-7,10H,8-9H2,1-5H3,(H,20,23)/t18-,19-/m0/s1. The summed E-state index contributed by atoms with van der Waals surface area (Å²) in [5.41, 5.74) is -2.41. The SMILES string of the molecule is COc1ccc(NC(=O)[C@]23CC[C@@](C)(C(=O)C2=O)C3(C)C)c(OC)c1. The number of carbonyl (C=O) groups excluding carboxylic acids is 3. The summed E-state index contributed by atoms with van der Waals surface area (Å²) in [6.45, 7) is 5.48. The lowest BCUT2D eigenvalue weighted by Crippen LogP contribution is -2.47. The molecule has 0 saturated heterocycles. The number of hydrogen-bond acceptors (Lipinski definition) is 5. The molecule has 25 heavy (non-hydrogen) atoms. The van der Waals surface area contributed by atoms with Crippen LogP contribution in [0.15, 0.2) is 18.2 Å². The molecule has 6 nitrogen and oxygen atoms in total. The highest BCUT2D eigenvalue weighted by Crippen LogP contribution is 2.69. The number of Topliss-reactive ketones (excluding diaryl/α,β-unsaturated/α-hetero) is 2. The number of fused-ring (bicyclic) bond motifs is 2. The van der Waals surface area contributed by atoms with Crippen molar-refractivity contribution >= 4 is 23.2 Å². The third-order valence-electron chi connectivity index (χ3n) is 6.59. The Morgan fingerprint density at radius 2 is 1.72 bits per heavy atom. The van der Waals surface area contributed by atoms with E-state index in [9.17, 15) is 14.4 Å². The van der Waals surface area contributed by atoms with Gasteiger partial charge in [-0.05, 0) is 30.4 Å². The van der Waals surface area contributed by atoms with Gasteiger partial charge in [-0.3, -0.25) is 14.4 Å². The first-order valence-electron chi connectivity index (χ1n) is 8.28. The Morgan fingerprint density at radius 1 is 1.04 bits per heavy atom. The number of carbonyl (C=O) groups is 3. The first-order valence-corrected chi connectivity index (χ1v) is 8.28. The third-order valence-corrected chi connectivity index (χ3v) is 6.59. The predicted molar refractivity (Wildman–Crippen MR) is 91.7 cm³/mol. The summed E-state index contributed by atoms with van der Waals surface area (Å²) < 4.78 is 10.5. The van der Waals surface area contributed by atoms with Crippen molar-refractivity contribution in [1.82, 2.24) is 0 Å². The molecule has 1 amide bonds. The van der Waals surface area contributed by atoms with Crippen molar-refractivity contribution in [3.05, 3.63) is 18.2 Å². The van der Waals surface area contributed by atoms with Crippen LogP contribution in [0.4, 0.5) is 5.69 Å². The molecule has 1 aromatic rings. The Labute approximate surface area is 146 Å². The fraction of sp³-hybridized carbons (Fsp3) is 0.526. The van der Waals surface area contributed by atoms with Crippen LogP contribution in [0.1, 0.15) is 33.6 Å². The number of hydrogen-bond donors (Lipinski definition) is 1. The van der Waals surface area contributed by atoms with Crippen LogP contribution < -0.4 is 14.8 Å². The van der Waals surface area contributed by atoms with Crippen LogP contribution in [-0.4, -0.2) is 31.7 Å². The van der Waals surface area contributed by atoms with Crippen molar-refractivity contribution in [1.29, 1.82) is 0 Å². The van der Waals surface area contributed by atoms with Crippen molar-refractivity contribution in [3.63, 3.8) is 0 Å². The molecule has 0 spiro atoms. The molecular weight excluding hydrogens is 322 g/mol. The molecule has 2 saturated carbocycles. The largest absolute Gasteiger partial charge is 0.497 e. The highest BCUT2D eigenvalue weighted by atomic mass is 16.5. The molecule has 6 heteroatoms. The molecule has 0 unspecified atom stereocenters. The number of methoxy groups -OCH3 is 2. The Balaban J connectivity index is 2.00. The van der Waals surface area contributed by atoms with Gasteiger partial charge in [0.2, 0.25) is 17.5 Å². The van der Waals surface area contributed by atoms with E-state index in [0.29, 0.717) is 30.0 Å². The van der Waals surface area contributed by atoms with Crippen molar-refractivity contribution < 1.29 is 23.9 Å². The predicted octanol–water partition coefficient (Wildman–Crippen LogP) is 2.61. The molecule has 2 fully saturated rings. The zero-order valence-electron chi connectivity index (χ0n) is 15.2. The lowest BCUT2D eigenvalue weighted by Gasteiger charge is -2.37. The van der Waals surface area contributed by atoms with Gasteiger partial charge in [-0.25, -0.2) is 0 Å². The van der Waals surface area contributed by atoms with Gasteiger partial charge in [0.25, 0.3) is 0 Å². The van der Waals surface area contributed by atoms with Gasteiger partial charge in [-0.2, -0.15) is 0 Å².